The second kappa shape index (κ2) is 10.2. The molecule has 1 atom stereocenters. The normalized spacial score (nSPS) is 12.4. The van der Waals surface area contributed by atoms with Crippen LogP contribution in [-0.4, -0.2) is 13.7 Å². The van der Waals surface area contributed by atoms with Crippen LogP contribution in [0.4, 0.5) is 0 Å². The summed E-state index contributed by atoms with van der Waals surface area (Å²) in [6, 6.07) is 6.65. The minimum atomic E-state index is 0.371. The number of benzene rings is 1. The highest BCUT2D eigenvalue weighted by atomic mass is 79.9. The Bertz CT molecular complexity index is 381. The van der Waals surface area contributed by atoms with Gasteiger partial charge in [-0.1, -0.05) is 55.0 Å². The zero-order valence-corrected chi connectivity index (χ0v) is 14.6. The summed E-state index contributed by atoms with van der Waals surface area (Å²) in [5.41, 5.74) is 1.26. The molecule has 0 amide bonds. The van der Waals surface area contributed by atoms with Crippen molar-refractivity contribution >= 4 is 15.9 Å². The number of rotatable bonds is 10. The van der Waals surface area contributed by atoms with Crippen molar-refractivity contribution < 1.29 is 4.74 Å². The van der Waals surface area contributed by atoms with Crippen LogP contribution in [0.5, 0.6) is 5.75 Å². The zero-order valence-electron chi connectivity index (χ0n) is 13.0. The van der Waals surface area contributed by atoms with Crippen LogP contribution < -0.4 is 10.1 Å². The molecule has 0 aromatic heterocycles. The number of ether oxygens (including phenoxy) is 1. The van der Waals surface area contributed by atoms with Gasteiger partial charge in [-0.15, -0.1) is 0 Å². The molecule has 0 spiro atoms. The molecule has 1 unspecified atom stereocenters. The van der Waals surface area contributed by atoms with Gasteiger partial charge in [0.1, 0.15) is 5.75 Å². The van der Waals surface area contributed by atoms with E-state index in [0.717, 1.165) is 16.6 Å². The van der Waals surface area contributed by atoms with Gasteiger partial charge in [0.05, 0.1) is 6.61 Å². The van der Waals surface area contributed by atoms with Crippen LogP contribution >= 0.6 is 15.9 Å². The maximum Gasteiger partial charge on any atom is 0.124 e. The summed E-state index contributed by atoms with van der Waals surface area (Å²) in [7, 11) is 2.04. The average Bonchev–Trinajstić information content (AvgIpc) is 2.45. The SMILES string of the molecule is CCCCCCCC(NC)c1cc(Br)ccc1OCC. The van der Waals surface area contributed by atoms with Gasteiger partial charge in [-0.25, -0.2) is 0 Å². The van der Waals surface area contributed by atoms with Gasteiger partial charge >= 0.3 is 0 Å². The number of unbranched alkanes of at least 4 members (excludes halogenated alkanes) is 4. The second-order valence-corrected chi connectivity index (χ2v) is 6.07. The molecule has 0 heterocycles. The zero-order chi connectivity index (χ0) is 14.8. The Morgan fingerprint density at radius 1 is 1.15 bits per heavy atom. The van der Waals surface area contributed by atoms with E-state index in [1.165, 1.54) is 37.7 Å². The minimum absolute atomic E-state index is 0.371. The van der Waals surface area contributed by atoms with Crippen LogP contribution in [0.15, 0.2) is 22.7 Å². The predicted molar refractivity (Wildman–Crippen MR) is 90.5 cm³/mol. The van der Waals surface area contributed by atoms with Crippen molar-refractivity contribution in [2.45, 2.75) is 58.4 Å². The first-order chi connectivity index (χ1) is 9.72. The molecule has 0 radical (unpaired) electrons. The van der Waals surface area contributed by atoms with E-state index in [1.807, 2.05) is 20.0 Å². The molecule has 1 aromatic rings. The number of hydrogen-bond donors (Lipinski definition) is 1. The first-order valence-electron chi connectivity index (χ1n) is 7.82. The summed E-state index contributed by atoms with van der Waals surface area (Å²) in [6.45, 7) is 5.00. The van der Waals surface area contributed by atoms with Gasteiger partial charge < -0.3 is 10.1 Å². The minimum Gasteiger partial charge on any atom is -0.494 e. The van der Waals surface area contributed by atoms with Crippen molar-refractivity contribution in [2.75, 3.05) is 13.7 Å². The molecular formula is C17H28BrNO. The topological polar surface area (TPSA) is 21.3 Å². The van der Waals surface area contributed by atoms with Crippen molar-refractivity contribution in [1.82, 2.24) is 5.32 Å². The fourth-order valence-corrected chi connectivity index (χ4v) is 2.86. The molecule has 0 aliphatic carbocycles. The van der Waals surface area contributed by atoms with Crippen molar-refractivity contribution in [3.63, 3.8) is 0 Å². The monoisotopic (exact) mass is 341 g/mol. The lowest BCUT2D eigenvalue weighted by Gasteiger charge is -2.20. The lowest BCUT2D eigenvalue weighted by molar-refractivity contribution is 0.330. The Hall–Kier alpha value is -0.540. The lowest BCUT2D eigenvalue weighted by atomic mass is 9.99. The summed E-state index contributed by atoms with van der Waals surface area (Å²) in [5, 5.41) is 3.43. The van der Waals surface area contributed by atoms with Gasteiger partial charge in [0.2, 0.25) is 0 Å². The van der Waals surface area contributed by atoms with E-state index in [2.05, 4.69) is 40.3 Å². The van der Waals surface area contributed by atoms with Crippen molar-refractivity contribution in [3.05, 3.63) is 28.2 Å². The molecular weight excluding hydrogens is 314 g/mol. The van der Waals surface area contributed by atoms with Gasteiger partial charge in [0.25, 0.3) is 0 Å². The number of halogens is 1. The molecule has 0 fully saturated rings. The fourth-order valence-electron chi connectivity index (χ4n) is 2.49. The van der Waals surface area contributed by atoms with Gasteiger partial charge in [0.15, 0.2) is 0 Å². The lowest BCUT2D eigenvalue weighted by Crippen LogP contribution is -2.17. The van der Waals surface area contributed by atoms with Crippen molar-refractivity contribution in [2.24, 2.45) is 0 Å². The quantitative estimate of drug-likeness (QED) is 0.569. The Morgan fingerprint density at radius 3 is 2.55 bits per heavy atom. The van der Waals surface area contributed by atoms with Crippen LogP contribution in [0.3, 0.4) is 0 Å². The molecule has 1 rings (SSSR count). The first kappa shape index (κ1) is 17.5. The first-order valence-corrected chi connectivity index (χ1v) is 8.61. The second-order valence-electron chi connectivity index (χ2n) is 5.16. The molecule has 3 heteroatoms. The Morgan fingerprint density at radius 2 is 1.90 bits per heavy atom. The smallest absolute Gasteiger partial charge is 0.124 e. The van der Waals surface area contributed by atoms with E-state index in [4.69, 9.17) is 4.74 Å². The highest BCUT2D eigenvalue weighted by Crippen LogP contribution is 2.31. The molecule has 0 aliphatic rings. The largest absolute Gasteiger partial charge is 0.494 e. The summed E-state index contributed by atoms with van der Waals surface area (Å²) >= 11 is 3.56. The van der Waals surface area contributed by atoms with Gasteiger partial charge in [-0.2, -0.15) is 0 Å². The molecule has 0 bridgehead atoms. The summed E-state index contributed by atoms with van der Waals surface area (Å²) in [4.78, 5) is 0. The molecule has 0 saturated heterocycles. The van der Waals surface area contributed by atoms with E-state index < -0.39 is 0 Å². The van der Waals surface area contributed by atoms with Gasteiger partial charge in [-0.05, 0) is 38.6 Å². The molecule has 1 N–H and O–H groups in total. The van der Waals surface area contributed by atoms with Gasteiger partial charge in [0, 0.05) is 16.1 Å². The van der Waals surface area contributed by atoms with Crippen LogP contribution in [0.1, 0.15) is 64.0 Å². The third kappa shape index (κ3) is 5.84. The van der Waals surface area contributed by atoms with E-state index in [0.29, 0.717) is 12.6 Å². The molecule has 114 valence electrons. The van der Waals surface area contributed by atoms with E-state index in [9.17, 15) is 0 Å². The highest BCUT2D eigenvalue weighted by molar-refractivity contribution is 9.10. The average molecular weight is 342 g/mol. The van der Waals surface area contributed by atoms with Crippen LogP contribution in [0.25, 0.3) is 0 Å². The molecule has 1 aromatic carbocycles. The van der Waals surface area contributed by atoms with Crippen LogP contribution in [-0.2, 0) is 0 Å². The maximum atomic E-state index is 5.76. The number of nitrogens with one attached hydrogen (secondary N) is 1. The van der Waals surface area contributed by atoms with Crippen molar-refractivity contribution in [3.8, 4) is 5.75 Å². The summed E-state index contributed by atoms with van der Waals surface area (Å²) < 4.78 is 6.87. The molecule has 20 heavy (non-hydrogen) atoms. The molecule has 0 aliphatic heterocycles. The predicted octanol–water partition coefficient (Wildman–Crippen LogP) is 5.47. The van der Waals surface area contributed by atoms with Crippen LogP contribution in [0.2, 0.25) is 0 Å². The van der Waals surface area contributed by atoms with E-state index >= 15 is 0 Å². The standard InChI is InChI=1S/C17H28BrNO/c1-4-6-7-8-9-10-16(19-3)15-13-14(18)11-12-17(15)20-5-2/h11-13,16,19H,4-10H2,1-3H3. The summed E-state index contributed by atoms with van der Waals surface area (Å²) in [5.74, 6) is 1.00. The Labute approximate surface area is 132 Å². The maximum absolute atomic E-state index is 5.76. The van der Waals surface area contributed by atoms with Gasteiger partial charge in [-0.3, -0.25) is 0 Å². The third-order valence-corrected chi connectivity index (χ3v) is 4.09. The Kier molecular flexibility index (Phi) is 8.95. The van der Waals surface area contributed by atoms with E-state index in [1.54, 1.807) is 0 Å². The molecule has 0 saturated carbocycles. The molecule has 2 nitrogen and oxygen atoms in total. The van der Waals surface area contributed by atoms with E-state index in [-0.39, 0.29) is 0 Å². The third-order valence-electron chi connectivity index (χ3n) is 3.59. The summed E-state index contributed by atoms with van der Waals surface area (Å²) in [6.07, 6.45) is 7.76. The fraction of sp³-hybridized carbons (Fsp3) is 0.647. The number of hydrogen-bond acceptors (Lipinski definition) is 2. The van der Waals surface area contributed by atoms with Crippen molar-refractivity contribution in [1.29, 1.82) is 0 Å². The van der Waals surface area contributed by atoms with Crippen LogP contribution in [0, 0.1) is 0 Å². The highest BCUT2D eigenvalue weighted by Gasteiger charge is 2.14. The Balaban J connectivity index is 2.65.